The van der Waals surface area contributed by atoms with Gasteiger partial charge in [-0.1, -0.05) is 74.4 Å². The first-order valence-corrected chi connectivity index (χ1v) is 10.8. The summed E-state index contributed by atoms with van der Waals surface area (Å²) in [6.07, 6.45) is 4.52. The molecule has 0 atom stereocenters. The van der Waals surface area contributed by atoms with E-state index in [-0.39, 0.29) is 11.6 Å². The van der Waals surface area contributed by atoms with Gasteiger partial charge in [0.2, 0.25) is 0 Å². The molecule has 0 bridgehead atoms. The van der Waals surface area contributed by atoms with Crippen LogP contribution in [0.2, 0.25) is 0 Å². The van der Waals surface area contributed by atoms with E-state index in [9.17, 15) is 4.39 Å². The average Bonchev–Trinajstić information content (AvgIpc) is 2.79. The van der Waals surface area contributed by atoms with Gasteiger partial charge in [0.1, 0.15) is 17.4 Å². The highest BCUT2D eigenvalue weighted by atomic mass is 19.1. The second-order valence-corrected chi connectivity index (χ2v) is 7.86. The maximum Gasteiger partial charge on any atom is 0.138 e. The van der Waals surface area contributed by atoms with E-state index >= 15 is 4.39 Å². The average molecular weight is 417 g/mol. The summed E-state index contributed by atoms with van der Waals surface area (Å²) in [7, 11) is 1.59. The van der Waals surface area contributed by atoms with Gasteiger partial charge in [-0.05, 0) is 53.1 Å². The number of hydrogen-bond acceptors (Lipinski definition) is 1. The van der Waals surface area contributed by atoms with Crippen LogP contribution in [0.15, 0.2) is 72.8 Å². The van der Waals surface area contributed by atoms with Crippen molar-refractivity contribution < 1.29 is 13.5 Å². The summed E-state index contributed by atoms with van der Waals surface area (Å²) in [6, 6.07) is 21.7. The molecule has 0 aliphatic heterocycles. The van der Waals surface area contributed by atoms with Crippen molar-refractivity contribution in [3.05, 3.63) is 90.0 Å². The highest BCUT2D eigenvalue weighted by Crippen LogP contribution is 2.33. The molecule has 31 heavy (non-hydrogen) atoms. The number of ether oxygens (including phenoxy) is 1. The van der Waals surface area contributed by atoms with E-state index < -0.39 is 0 Å². The Kier molecular flexibility index (Phi) is 6.31. The van der Waals surface area contributed by atoms with Crippen LogP contribution in [0.5, 0.6) is 5.75 Å². The van der Waals surface area contributed by atoms with Crippen LogP contribution < -0.4 is 4.74 Å². The molecular formula is C28H26F2O. The first-order valence-electron chi connectivity index (χ1n) is 10.8. The maximum atomic E-state index is 15.3. The SMILES string of the molecule is CCCCCc1ccc2c(F)c(-c3ccc(-c4ccc(OC)cc4)c(F)c3)ccc2c1. The number of unbranched alkanes of at least 4 members (excludes halogenated alkanes) is 2. The lowest BCUT2D eigenvalue weighted by Crippen LogP contribution is -1.92. The van der Waals surface area contributed by atoms with Crippen LogP contribution in [-0.2, 0) is 6.42 Å². The zero-order valence-corrected chi connectivity index (χ0v) is 17.9. The fraction of sp³-hybridized carbons (Fsp3) is 0.214. The van der Waals surface area contributed by atoms with Crippen LogP contribution in [0.1, 0.15) is 31.7 Å². The molecule has 0 unspecified atom stereocenters. The molecular weight excluding hydrogens is 390 g/mol. The van der Waals surface area contributed by atoms with Gasteiger partial charge in [0.15, 0.2) is 0 Å². The fourth-order valence-electron chi connectivity index (χ4n) is 3.99. The van der Waals surface area contributed by atoms with Crippen LogP contribution >= 0.6 is 0 Å². The molecule has 158 valence electrons. The van der Waals surface area contributed by atoms with Crippen molar-refractivity contribution in [1.82, 2.24) is 0 Å². The molecule has 0 aliphatic rings. The molecule has 0 fully saturated rings. The van der Waals surface area contributed by atoms with Gasteiger partial charge in [-0.3, -0.25) is 0 Å². The van der Waals surface area contributed by atoms with Gasteiger partial charge in [-0.15, -0.1) is 0 Å². The fourth-order valence-corrected chi connectivity index (χ4v) is 3.99. The van der Waals surface area contributed by atoms with Crippen LogP contribution in [-0.4, -0.2) is 7.11 Å². The third-order valence-electron chi connectivity index (χ3n) is 5.77. The van der Waals surface area contributed by atoms with Gasteiger partial charge < -0.3 is 4.74 Å². The standard InChI is InChI=1S/C28H26F2O/c1-3-4-5-6-19-7-14-25-21(17-19)11-16-26(28(25)30)22-10-15-24(27(29)18-22)20-8-12-23(31-2)13-9-20/h7-18H,3-6H2,1-2H3. The van der Waals surface area contributed by atoms with Crippen molar-refractivity contribution in [1.29, 1.82) is 0 Å². The van der Waals surface area contributed by atoms with Crippen molar-refractivity contribution in [2.75, 3.05) is 7.11 Å². The molecule has 0 aliphatic carbocycles. The molecule has 3 heteroatoms. The Labute approximate surface area is 182 Å². The normalized spacial score (nSPS) is 11.1. The third-order valence-corrected chi connectivity index (χ3v) is 5.77. The van der Waals surface area contributed by atoms with Gasteiger partial charge in [-0.2, -0.15) is 0 Å². The quantitative estimate of drug-likeness (QED) is 0.276. The van der Waals surface area contributed by atoms with Crippen molar-refractivity contribution in [3.63, 3.8) is 0 Å². The number of halogens is 2. The molecule has 0 saturated carbocycles. The summed E-state index contributed by atoms with van der Waals surface area (Å²) < 4.78 is 35.3. The predicted molar refractivity (Wildman–Crippen MR) is 125 cm³/mol. The Bertz CT molecular complexity index is 1200. The number of hydrogen-bond donors (Lipinski definition) is 0. The number of rotatable bonds is 7. The predicted octanol–water partition coefficient (Wildman–Crippen LogP) is 8.19. The summed E-state index contributed by atoms with van der Waals surface area (Å²) >= 11 is 0. The Morgan fingerprint density at radius 2 is 1.48 bits per heavy atom. The molecule has 0 spiro atoms. The summed E-state index contributed by atoms with van der Waals surface area (Å²) in [5.41, 5.74) is 3.39. The second kappa shape index (κ2) is 9.30. The van der Waals surface area contributed by atoms with Gasteiger partial charge in [0, 0.05) is 16.5 Å². The Hall–Kier alpha value is -3.20. The molecule has 0 N–H and O–H groups in total. The maximum absolute atomic E-state index is 15.3. The summed E-state index contributed by atoms with van der Waals surface area (Å²) in [5, 5.41) is 1.45. The van der Waals surface area contributed by atoms with Crippen molar-refractivity contribution in [2.24, 2.45) is 0 Å². The number of methoxy groups -OCH3 is 1. The number of benzene rings is 4. The molecule has 0 radical (unpaired) electrons. The van der Waals surface area contributed by atoms with E-state index in [1.165, 1.54) is 24.5 Å². The zero-order chi connectivity index (χ0) is 21.8. The molecule has 1 nitrogen and oxygen atoms in total. The number of fused-ring (bicyclic) bond motifs is 1. The summed E-state index contributed by atoms with van der Waals surface area (Å²) in [6.45, 7) is 2.18. The molecule has 4 aromatic rings. The Morgan fingerprint density at radius 1 is 0.742 bits per heavy atom. The Morgan fingerprint density at radius 3 is 2.19 bits per heavy atom. The Balaban J connectivity index is 1.65. The molecule has 4 rings (SSSR count). The third kappa shape index (κ3) is 4.46. The molecule has 0 aromatic heterocycles. The number of aryl methyl sites for hydroxylation is 1. The molecule has 4 aromatic carbocycles. The van der Waals surface area contributed by atoms with E-state index in [0.29, 0.717) is 27.8 Å². The van der Waals surface area contributed by atoms with E-state index in [4.69, 9.17) is 4.74 Å². The van der Waals surface area contributed by atoms with Crippen molar-refractivity contribution >= 4 is 10.8 Å². The van der Waals surface area contributed by atoms with E-state index in [0.717, 1.165) is 23.8 Å². The van der Waals surface area contributed by atoms with E-state index in [1.54, 1.807) is 37.4 Å². The minimum atomic E-state index is -0.381. The van der Waals surface area contributed by atoms with Crippen LogP contribution in [0.25, 0.3) is 33.0 Å². The minimum absolute atomic E-state index is 0.311. The van der Waals surface area contributed by atoms with Gasteiger partial charge in [0.05, 0.1) is 7.11 Å². The van der Waals surface area contributed by atoms with Crippen LogP contribution in [0, 0.1) is 11.6 Å². The highest BCUT2D eigenvalue weighted by Gasteiger charge is 2.13. The summed E-state index contributed by atoms with van der Waals surface area (Å²) in [5.74, 6) is 0.0233. The topological polar surface area (TPSA) is 9.23 Å². The molecule has 0 saturated heterocycles. The highest BCUT2D eigenvalue weighted by molar-refractivity contribution is 5.89. The second-order valence-electron chi connectivity index (χ2n) is 7.86. The van der Waals surface area contributed by atoms with E-state index in [2.05, 4.69) is 13.0 Å². The molecule has 0 heterocycles. The lowest BCUT2D eigenvalue weighted by atomic mass is 9.96. The smallest absolute Gasteiger partial charge is 0.138 e. The van der Waals surface area contributed by atoms with E-state index in [1.807, 2.05) is 30.3 Å². The zero-order valence-electron chi connectivity index (χ0n) is 17.9. The van der Waals surface area contributed by atoms with Crippen molar-refractivity contribution in [2.45, 2.75) is 32.6 Å². The first kappa shape index (κ1) is 21.0. The monoisotopic (exact) mass is 416 g/mol. The molecule has 0 amide bonds. The lowest BCUT2D eigenvalue weighted by Gasteiger charge is -2.11. The summed E-state index contributed by atoms with van der Waals surface area (Å²) in [4.78, 5) is 0. The minimum Gasteiger partial charge on any atom is -0.497 e. The van der Waals surface area contributed by atoms with Crippen LogP contribution in [0.3, 0.4) is 0 Å². The lowest BCUT2D eigenvalue weighted by molar-refractivity contribution is 0.415. The van der Waals surface area contributed by atoms with Gasteiger partial charge in [-0.25, -0.2) is 8.78 Å². The van der Waals surface area contributed by atoms with Gasteiger partial charge in [0.25, 0.3) is 0 Å². The van der Waals surface area contributed by atoms with Crippen LogP contribution in [0.4, 0.5) is 8.78 Å². The first-order chi connectivity index (χ1) is 15.1. The van der Waals surface area contributed by atoms with Gasteiger partial charge >= 0.3 is 0 Å². The largest absolute Gasteiger partial charge is 0.497 e. The van der Waals surface area contributed by atoms with Crippen molar-refractivity contribution in [3.8, 4) is 28.0 Å².